The summed E-state index contributed by atoms with van der Waals surface area (Å²) in [6.45, 7) is 8.28. The van der Waals surface area contributed by atoms with Gasteiger partial charge in [0.2, 0.25) is 0 Å². The molecule has 6 nitrogen and oxygen atoms in total. The van der Waals surface area contributed by atoms with E-state index in [4.69, 9.17) is 9.15 Å². The van der Waals surface area contributed by atoms with Crippen LogP contribution in [0.15, 0.2) is 21.5 Å². The third kappa shape index (κ3) is 6.60. The minimum absolute atomic E-state index is 0. The predicted octanol–water partition coefficient (Wildman–Crippen LogP) is 2.54. The molecular formula is C17H30IN3O3. The summed E-state index contributed by atoms with van der Waals surface area (Å²) in [4.78, 5) is 4.48. The second-order valence-electron chi connectivity index (χ2n) is 6.23. The molecule has 1 aromatic rings. The standard InChI is InChI=1S/C17H29N3O3.HI/c1-4-18-16(19-10-9-14-6-5-11-22-14)20-12-17(3,21)15-8-7-13(2)23-15;/h7-8,14,21H,4-6,9-12H2,1-3H3,(H2,18,19,20);1H. The number of rotatable bonds is 7. The van der Waals surface area contributed by atoms with E-state index in [2.05, 4.69) is 15.6 Å². The van der Waals surface area contributed by atoms with Gasteiger partial charge in [-0.1, -0.05) is 0 Å². The van der Waals surface area contributed by atoms with Gasteiger partial charge in [0.05, 0.1) is 12.6 Å². The first-order chi connectivity index (χ1) is 11.0. The van der Waals surface area contributed by atoms with Crippen LogP contribution < -0.4 is 10.6 Å². The van der Waals surface area contributed by atoms with Crippen LogP contribution in [-0.4, -0.2) is 43.4 Å². The first-order valence-corrected chi connectivity index (χ1v) is 8.44. The second-order valence-corrected chi connectivity index (χ2v) is 6.23. The SMILES string of the molecule is CCNC(=NCC(C)(O)c1ccc(C)o1)NCCC1CCCO1.I. The van der Waals surface area contributed by atoms with Crippen LogP contribution in [0.5, 0.6) is 0 Å². The molecule has 0 saturated carbocycles. The molecule has 3 N–H and O–H groups in total. The van der Waals surface area contributed by atoms with Gasteiger partial charge in [-0.05, 0) is 52.2 Å². The lowest BCUT2D eigenvalue weighted by atomic mass is 10.0. The summed E-state index contributed by atoms with van der Waals surface area (Å²) in [7, 11) is 0. The van der Waals surface area contributed by atoms with Gasteiger partial charge in [-0.3, -0.25) is 0 Å². The van der Waals surface area contributed by atoms with E-state index in [-0.39, 0.29) is 30.5 Å². The number of furan rings is 1. The van der Waals surface area contributed by atoms with Crippen LogP contribution in [0.3, 0.4) is 0 Å². The van der Waals surface area contributed by atoms with Gasteiger partial charge >= 0.3 is 0 Å². The van der Waals surface area contributed by atoms with E-state index < -0.39 is 5.60 Å². The van der Waals surface area contributed by atoms with Crippen molar-refractivity contribution in [1.82, 2.24) is 10.6 Å². The molecule has 2 atom stereocenters. The van der Waals surface area contributed by atoms with Gasteiger partial charge in [0.1, 0.15) is 17.1 Å². The highest BCUT2D eigenvalue weighted by Gasteiger charge is 2.26. The second kappa shape index (κ2) is 10.2. The van der Waals surface area contributed by atoms with Gasteiger partial charge in [-0.25, -0.2) is 4.99 Å². The molecule has 0 amide bonds. The quantitative estimate of drug-likeness (QED) is 0.338. The Kier molecular flexibility index (Phi) is 9.07. The van der Waals surface area contributed by atoms with Crippen molar-refractivity contribution in [2.75, 3.05) is 26.2 Å². The van der Waals surface area contributed by atoms with E-state index >= 15 is 0 Å². The van der Waals surface area contributed by atoms with Crippen LogP contribution in [0.25, 0.3) is 0 Å². The predicted molar refractivity (Wildman–Crippen MR) is 106 cm³/mol. The Morgan fingerprint density at radius 1 is 1.42 bits per heavy atom. The third-order valence-corrected chi connectivity index (χ3v) is 3.94. The molecule has 24 heavy (non-hydrogen) atoms. The zero-order chi connectivity index (χ0) is 16.7. The molecule has 0 radical (unpaired) electrons. The van der Waals surface area contributed by atoms with Gasteiger partial charge in [0.15, 0.2) is 5.96 Å². The zero-order valence-electron chi connectivity index (χ0n) is 14.8. The Morgan fingerprint density at radius 2 is 2.21 bits per heavy atom. The first kappa shape index (κ1) is 21.2. The van der Waals surface area contributed by atoms with Crippen molar-refractivity contribution >= 4 is 29.9 Å². The summed E-state index contributed by atoms with van der Waals surface area (Å²) in [5, 5.41) is 17.0. The molecule has 1 aliphatic heterocycles. The summed E-state index contributed by atoms with van der Waals surface area (Å²) in [6.07, 6.45) is 3.63. The summed E-state index contributed by atoms with van der Waals surface area (Å²) in [5.74, 6) is 2.02. The van der Waals surface area contributed by atoms with Crippen molar-refractivity contribution in [1.29, 1.82) is 0 Å². The smallest absolute Gasteiger partial charge is 0.191 e. The fourth-order valence-electron chi connectivity index (χ4n) is 2.60. The Labute approximate surface area is 161 Å². The number of aliphatic hydroxyl groups is 1. The van der Waals surface area contributed by atoms with Gasteiger partial charge < -0.3 is 24.9 Å². The van der Waals surface area contributed by atoms with Gasteiger partial charge in [-0.15, -0.1) is 24.0 Å². The van der Waals surface area contributed by atoms with Crippen LogP contribution >= 0.6 is 24.0 Å². The monoisotopic (exact) mass is 451 g/mol. The number of aryl methyl sites for hydroxylation is 1. The fourth-order valence-corrected chi connectivity index (χ4v) is 2.60. The minimum Gasteiger partial charge on any atom is -0.463 e. The lowest BCUT2D eigenvalue weighted by Crippen LogP contribution is -2.40. The maximum absolute atomic E-state index is 10.5. The number of nitrogens with one attached hydrogen (secondary N) is 2. The largest absolute Gasteiger partial charge is 0.463 e. The number of ether oxygens (including phenoxy) is 1. The van der Waals surface area contributed by atoms with Crippen molar-refractivity contribution in [3.8, 4) is 0 Å². The molecule has 138 valence electrons. The first-order valence-electron chi connectivity index (χ1n) is 8.44. The number of guanidine groups is 1. The summed E-state index contributed by atoms with van der Waals surface area (Å²) in [5.41, 5.74) is -1.12. The maximum atomic E-state index is 10.5. The molecule has 0 aliphatic carbocycles. The van der Waals surface area contributed by atoms with Crippen molar-refractivity contribution in [2.45, 2.75) is 51.7 Å². The van der Waals surface area contributed by atoms with Crippen LogP contribution in [0.1, 0.15) is 44.6 Å². The Balaban J connectivity index is 0.00000288. The molecule has 2 heterocycles. The van der Waals surface area contributed by atoms with Crippen LogP contribution in [0, 0.1) is 6.92 Å². The maximum Gasteiger partial charge on any atom is 0.191 e. The molecule has 1 aliphatic rings. The van der Waals surface area contributed by atoms with E-state index in [1.165, 1.54) is 0 Å². The van der Waals surface area contributed by atoms with E-state index in [0.29, 0.717) is 17.8 Å². The lowest BCUT2D eigenvalue weighted by molar-refractivity contribution is 0.0428. The number of aliphatic imine (C=N–C) groups is 1. The number of nitrogens with zero attached hydrogens (tertiary/aromatic N) is 1. The van der Waals surface area contributed by atoms with E-state index in [1.807, 2.05) is 19.9 Å². The summed E-state index contributed by atoms with van der Waals surface area (Å²) >= 11 is 0. The number of halogens is 1. The third-order valence-electron chi connectivity index (χ3n) is 3.94. The van der Waals surface area contributed by atoms with E-state index in [0.717, 1.165) is 44.7 Å². The van der Waals surface area contributed by atoms with Crippen molar-refractivity contribution in [3.63, 3.8) is 0 Å². The van der Waals surface area contributed by atoms with Crippen LogP contribution in [-0.2, 0) is 10.3 Å². The van der Waals surface area contributed by atoms with Crippen LogP contribution in [0.2, 0.25) is 0 Å². The van der Waals surface area contributed by atoms with Crippen molar-refractivity contribution < 1.29 is 14.3 Å². The molecule has 0 spiro atoms. The molecule has 0 bridgehead atoms. The van der Waals surface area contributed by atoms with E-state index in [9.17, 15) is 5.11 Å². The van der Waals surface area contributed by atoms with Crippen molar-refractivity contribution in [2.24, 2.45) is 4.99 Å². The molecule has 1 aromatic heterocycles. The molecule has 1 fully saturated rings. The summed E-state index contributed by atoms with van der Waals surface area (Å²) < 4.78 is 11.1. The molecule has 2 rings (SSSR count). The average Bonchev–Trinajstić information content (AvgIpc) is 3.16. The Morgan fingerprint density at radius 3 is 2.79 bits per heavy atom. The molecule has 0 aromatic carbocycles. The van der Waals surface area contributed by atoms with Crippen LogP contribution in [0.4, 0.5) is 0 Å². The lowest BCUT2D eigenvalue weighted by Gasteiger charge is -2.20. The Hall–Kier alpha value is -0.800. The highest BCUT2D eigenvalue weighted by molar-refractivity contribution is 14.0. The van der Waals surface area contributed by atoms with Gasteiger partial charge in [0, 0.05) is 19.7 Å². The minimum atomic E-state index is -1.12. The summed E-state index contributed by atoms with van der Waals surface area (Å²) in [6, 6.07) is 3.64. The highest BCUT2D eigenvalue weighted by Crippen LogP contribution is 2.23. The number of hydrogen-bond acceptors (Lipinski definition) is 4. The van der Waals surface area contributed by atoms with Gasteiger partial charge in [-0.2, -0.15) is 0 Å². The zero-order valence-corrected chi connectivity index (χ0v) is 17.1. The number of hydrogen-bond donors (Lipinski definition) is 3. The van der Waals surface area contributed by atoms with Crippen molar-refractivity contribution in [3.05, 3.63) is 23.7 Å². The normalized spacial score (nSPS) is 20.3. The topological polar surface area (TPSA) is 79.0 Å². The highest BCUT2D eigenvalue weighted by atomic mass is 127. The average molecular weight is 451 g/mol. The van der Waals surface area contributed by atoms with E-state index in [1.54, 1.807) is 13.0 Å². The molecule has 7 heteroatoms. The molecule has 1 saturated heterocycles. The molecular weight excluding hydrogens is 421 g/mol. The molecule has 2 unspecified atom stereocenters. The Bertz CT molecular complexity index is 511. The van der Waals surface area contributed by atoms with Gasteiger partial charge in [0.25, 0.3) is 0 Å². The fraction of sp³-hybridized carbons (Fsp3) is 0.706.